The predicted molar refractivity (Wildman–Crippen MR) is 135 cm³/mol. The van der Waals surface area contributed by atoms with E-state index in [0.29, 0.717) is 11.4 Å². The minimum Gasteiger partial charge on any atom is -0.251 e. The summed E-state index contributed by atoms with van der Waals surface area (Å²) in [4.78, 5) is 17.4. The van der Waals surface area contributed by atoms with Crippen molar-refractivity contribution in [1.82, 2.24) is 30.1 Å². The minimum absolute atomic E-state index is 0.0483. The molecule has 12 heteroatoms. The zero-order valence-corrected chi connectivity index (χ0v) is 21.6. The number of hydrogen-bond donors (Lipinski definition) is 1. The van der Waals surface area contributed by atoms with Crippen LogP contribution in [0.1, 0.15) is 49.6 Å². The Hall–Kier alpha value is -3.93. The molecule has 38 heavy (non-hydrogen) atoms. The highest BCUT2D eigenvalue weighted by molar-refractivity contribution is 7.91. The molecule has 1 saturated carbocycles. The molecule has 4 aromatic rings. The summed E-state index contributed by atoms with van der Waals surface area (Å²) in [5, 5.41) is 8.83. The fourth-order valence-electron chi connectivity index (χ4n) is 6.15. The van der Waals surface area contributed by atoms with Crippen molar-refractivity contribution in [2.45, 2.75) is 38.0 Å². The first kappa shape index (κ1) is 24.4. The molecule has 0 unspecified atom stereocenters. The molecule has 3 aromatic heterocycles. The molecule has 6 rings (SSSR count). The quantitative estimate of drug-likeness (QED) is 0.402. The number of nitrogens with zero attached hydrogens (tertiary/aromatic N) is 6. The van der Waals surface area contributed by atoms with Crippen LogP contribution in [0.4, 0.5) is 14.7 Å². The molecule has 0 saturated heterocycles. The molecule has 2 atom stereocenters. The lowest BCUT2D eigenvalue weighted by Gasteiger charge is -2.37. The SMILES string of the molecule is CC1(C)[C@H]2CC[C@@]1(c1ccnc(-c3cnc(NS(C)(=O)=O)nc3)n1)c1nnc(-c3c(F)cccc3F)cc12. The highest BCUT2D eigenvalue weighted by atomic mass is 32.2. The molecule has 2 aliphatic carbocycles. The van der Waals surface area contributed by atoms with Crippen molar-refractivity contribution < 1.29 is 17.2 Å². The minimum atomic E-state index is -3.51. The molecule has 9 nitrogen and oxygen atoms in total. The maximum atomic E-state index is 14.5. The van der Waals surface area contributed by atoms with Gasteiger partial charge in [0.05, 0.1) is 39.9 Å². The Labute approximate surface area is 217 Å². The van der Waals surface area contributed by atoms with Crippen LogP contribution in [-0.2, 0) is 15.4 Å². The molecule has 0 aliphatic heterocycles. The molecule has 3 heterocycles. The first-order chi connectivity index (χ1) is 18.0. The lowest BCUT2D eigenvalue weighted by molar-refractivity contribution is 0.243. The Bertz CT molecular complexity index is 1680. The van der Waals surface area contributed by atoms with Crippen LogP contribution in [0.25, 0.3) is 22.6 Å². The monoisotopic (exact) mass is 535 g/mol. The molecule has 1 N–H and O–H groups in total. The molecule has 0 spiro atoms. The number of nitrogens with one attached hydrogen (secondary N) is 1. The van der Waals surface area contributed by atoms with Crippen molar-refractivity contribution in [1.29, 1.82) is 0 Å². The molecular weight excluding hydrogens is 512 g/mol. The molecular formula is C26H23F2N7O2S. The predicted octanol–water partition coefficient (Wildman–Crippen LogP) is 4.24. The van der Waals surface area contributed by atoms with Gasteiger partial charge in [0, 0.05) is 18.6 Å². The second-order valence-corrected chi connectivity index (χ2v) is 12.0. The Morgan fingerprint density at radius 2 is 1.74 bits per heavy atom. The van der Waals surface area contributed by atoms with Gasteiger partial charge in [0.15, 0.2) is 5.82 Å². The number of fused-ring (bicyclic) bond motifs is 5. The maximum Gasteiger partial charge on any atom is 0.236 e. The van der Waals surface area contributed by atoms with Crippen molar-refractivity contribution in [3.05, 3.63) is 77.5 Å². The molecule has 2 bridgehead atoms. The highest BCUT2D eigenvalue weighted by Crippen LogP contribution is 2.69. The fourth-order valence-corrected chi connectivity index (χ4v) is 6.59. The van der Waals surface area contributed by atoms with Gasteiger partial charge in [-0.25, -0.2) is 37.1 Å². The van der Waals surface area contributed by atoms with Gasteiger partial charge >= 0.3 is 0 Å². The molecule has 1 fully saturated rings. The second-order valence-electron chi connectivity index (χ2n) is 10.3. The van der Waals surface area contributed by atoms with Crippen LogP contribution in [0.5, 0.6) is 0 Å². The Balaban J connectivity index is 1.43. The summed E-state index contributed by atoms with van der Waals surface area (Å²) in [6.07, 6.45) is 7.23. The van der Waals surface area contributed by atoms with Crippen LogP contribution in [0.2, 0.25) is 0 Å². The third-order valence-electron chi connectivity index (χ3n) is 7.88. The Kier molecular flexibility index (Phi) is 5.32. The van der Waals surface area contributed by atoms with Gasteiger partial charge in [0.2, 0.25) is 16.0 Å². The number of aromatic nitrogens is 6. The fraction of sp³-hybridized carbons (Fsp3) is 0.308. The number of anilines is 1. The summed E-state index contributed by atoms with van der Waals surface area (Å²) in [5.41, 5.74) is 2.05. The summed E-state index contributed by atoms with van der Waals surface area (Å²) in [7, 11) is -3.51. The van der Waals surface area contributed by atoms with Gasteiger partial charge in [-0.2, -0.15) is 5.10 Å². The van der Waals surface area contributed by atoms with Gasteiger partial charge in [-0.1, -0.05) is 19.9 Å². The van der Waals surface area contributed by atoms with Crippen LogP contribution in [0, 0.1) is 17.0 Å². The van der Waals surface area contributed by atoms with Crippen LogP contribution in [-0.4, -0.2) is 44.8 Å². The Morgan fingerprint density at radius 3 is 2.42 bits per heavy atom. The van der Waals surface area contributed by atoms with Gasteiger partial charge in [0.25, 0.3) is 0 Å². The lowest BCUT2D eigenvalue weighted by atomic mass is 9.66. The summed E-state index contributed by atoms with van der Waals surface area (Å²) in [5.74, 6) is -0.931. The number of sulfonamides is 1. The average molecular weight is 536 g/mol. The molecule has 2 aliphatic rings. The number of rotatable bonds is 5. The van der Waals surface area contributed by atoms with E-state index in [-0.39, 0.29) is 28.5 Å². The van der Waals surface area contributed by atoms with E-state index in [1.165, 1.54) is 30.6 Å². The zero-order chi connectivity index (χ0) is 26.9. The van der Waals surface area contributed by atoms with Crippen molar-refractivity contribution in [2.24, 2.45) is 5.41 Å². The van der Waals surface area contributed by atoms with Crippen molar-refractivity contribution in [2.75, 3.05) is 11.0 Å². The topological polar surface area (TPSA) is 124 Å². The first-order valence-corrected chi connectivity index (χ1v) is 13.9. The summed E-state index contributed by atoms with van der Waals surface area (Å²) in [6.45, 7) is 4.32. The van der Waals surface area contributed by atoms with E-state index in [0.717, 1.165) is 36.0 Å². The number of benzene rings is 1. The van der Waals surface area contributed by atoms with Crippen LogP contribution in [0.15, 0.2) is 48.9 Å². The number of halogens is 2. The normalized spacial score (nSPS) is 21.3. The van der Waals surface area contributed by atoms with E-state index in [1.54, 1.807) is 12.3 Å². The molecule has 194 valence electrons. The smallest absolute Gasteiger partial charge is 0.236 e. The van der Waals surface area contributed by atoms with Crippen molar-refractivity contribution in [3.63, 3.8) is 0 Å². The maximum absolute atomic E-state index is 14.5. The lowest BCUT2D eigenvalue weighted by Crippen LogP contribution is -2.38. The standard InChI is InChI=1S/C26H23F2N7O2S/c1-25(2)16-7-9-26(25,22-15(16)11-19(33-34-22)21-17(27)5-4-6-18(21)28)20-8-10-29-23(32-20)14-12-30-24(31-13-14)35-38(3,36)37/h4-6,8,10-13,16H,7,9H2,1-3H3,(H,30,31,35)/t16-,26+/m0/s1. The van der Waals surface area contributed by atoms with Crippen LogP contribution < -0.4 is 4.72 Å². The number of hydrogen-bond acceptors (Lipinski definition) is 8. The third-order valence-corrected chi connectivity index (χ3v) is 8.43. The third kappa shape index (κ3) is 3.57. The van der Waals surface area contributed by atoms with Gasteiger partial charge in [-0.15, -0.1) is 5.10 Å². The largest absolute Gasteiger partial charge is 0.251 e. The van der Waals surface area contributed by atoms with E-state index >= 15 is 0 Å². The van der Waals surface area contributed by atoms with E-state index in [2.05, 4.69) is 43.7 Å². The molecule has 0 radical (unpaired) electrons. The van der Waals surface area contributed by atoms with E-state index in [1.807, 2.05) is 6.07 Å². The van der Waals surface area contributed by atoms with E-state index < -0.39 is 27.1 Å². The van der Waals surface area contributed by atoms with Crippen LogP contribution in [0.3, 0.4) is 0 Å². The molecule has 0 amide bonds. The summed E-state index contributed by atoms with van der Waals surface area (Å²) in [6, 6.07) is 7.36. The van der Waals surface area contributed by atoms with Gasteiger partial charge in [-0.3, -0.25) is 4.72 Å². The van der Waals surface area contributed by atoms with Crippen LogP contribution >= 0.6 is 0 Å². The van der Waals surface area contributed by atoms with Crippen molar-refractivity contribution >= 4 is 16.0 Å². The van der Waals surface area contributed by atoms with E-state index in [9.17, 15) is 17.2 Å². The second kappa shape index (κ2) is 8.29. The van der Waals surface area contributed by atoms with Crippen molar-refractivity contribution in [3.8, 4) is 22.6 Å². The Morgan fingerprint density at radius 1 is 1.03 bits per heavy atom. The highest BCUT2D eigenvalue weighted by Gasteiger charge is 2.65. The summed E-state index contributed by atoms with van der Waals surface area (Å²) >= 11 is 0. The van der Waals surface area contributed by atoms with E-state index in [4.69, 9.17) is 4.98 Å². The zero-order valence-electron chi connectivity index (χ0n) is 20.8. The summed E-state index contributed by atoms with van der Waals surface area (Å²) < 4.78 is 54.2. The van der Waals surface area contributed by atoms with Gasteiger partial charge in [0.1, 0.15) is 11.6 Å². The first-order valence-electron chi connectivity index (χ1n) is 12.0. The average Bonchev–Trinajstić information content (AvgIpc) is 3.24. The molecule has 1 aromatic carbocycles. The van der Waals surface area contributed by atoms with Gasteiger partial charge < -0.3 is 0 Å². The van der Waals surface area contributed by atoms with Gasteiger partial charge in [-0.05, 0) is 54.0 Å².